The predicted octanol–water partition coefficient (Wildman–Crippen LogP) is 6.42. The van der Waals surface area contributed by atoms with Gasteiger partial charge in [-0.1, -0.05) is 43.5 Å². The molecule has 0 atom stereocenters. The normalized spacial score (nSPS) is 10.7. The van der Waals surface area contributed by atoms with Gasteiger partial charge < -0.3 is 28.8 Å². The molecule has 0 amide bonds. The van der Waals surface area contributed by atoms with Crippen molar-refractivity contribution in [3.63, 3.8) is 0 Å². The molecule has 0 fully saturated rings. The first-order valence-electron chi connectivity index (χ1n) is 15.0. The van der Waals surface area contributed by atoms with Crippen molar-refractivity contribution in [1.82, 2.24) is 0 Å². The van der Waals surface area contributed by atoms with Gasteiger partial charge in [0.05, 0.1) is 38.6 Å². The summed E-state index contributed by atoms with van der Waals surface area (Å²) in [5.74, 6) is 0.422. The van der Waals surface area contributed by atoms with Crippen molar-refractivity contribution < 1.29 is 43.2 Å². The molecule has 9 heteroatoms. The molecule has 0 spiro atoms. The largest absolute Gasteiger partial charge is 0.494 e. The zero-order valence-corrected chi connectivity index (χ0v) is 26.1. The molecule has 3 aromatic rings. The van der Waals surface area contributed by atoms with Crippen molar-refractivity contribution in [3.05, 3.63) is 109 Å². The third kappa shape index (κ3) is 12.5. The first kappa shape index (κ1) is 35.3. The topological polar surface area (TPSA) is 118 Å². The van der Waals surface area contributed by atoms with Gasteiger partial charge in [-0.2, -0.15) is 0 Å². The van der Waals surface area contributed by atoms with Crippen LogP contribution in [-0.2, 0) is 23.9 Å². The first-order chi connectivity index (χ1) is 22.3. The van der Waals surface area contributed by atoms with Gasteiger partial charge >= 0.3 is 17.9 Å². The Balaban J connectivity index is 1.39. The second-order valence-corrected chi connectivity index (χ2v) is 10.2. The van der Waals surface area contributed by atoms with E-state index in [1.54, 1.807) is 12.1 Å². The zero-order chi connectivity index (χ0) is 33.1. The maximum atomic E-state index is 12.5. The Kier molecular flexibility index (Phi) is 14.8. The van der Waals surface area contributed by atoms with E-state index in [1.165, 1.54) is 6.08 Å². The van der Waals surface area contributed by atoms with E-state index < -0.39 is 24.5 Å². The van der Waals surface area contributed by atoms with E-state index in [4.69, 9.17) is 28.8 Å². The van der Waals surface area contributed by atoms with Crippen molar-refractivity contribution in [2.24, 2.45) is 0 Å². The van der Waals surface area contributed by atoms with E-state index in [1.807, 2.05) is 67.6 Å². The second kappa shape index (κ2) is 19.3. The van der Waals surface area contributed by atoms with Crippen molar-refractivity contribution in [2.75, 3.05) is 33.0 Å². The number of carbonyl (C=O) groups excluding carboxylic acids is 3. The molecule has 0 aliphatic heterocycles. The van der Waals surface area contributed by atoms with Crippen LogP contribution in [0.5, 0.6) is 17.2 Å². The molecule has 0 aliphatic carbocycles. The Morgan fingerprint density at radius 1 is 0.739 bits per heavy atom. The van der Waals surface area contributed by atoms with E-state index in [9.17, 15) is 14.4 Å². The molecule has 0 saturated carbocycles. The van der Waals surface area contributed by atoms with Gasteiger partial charge in [-0.25, -0.2) is 14.4 Å². The van der Waals surface area contributed by atoms with Gasteiger partial charge in [-0.05, 0) is 97.3 Å². The molecular formula is C37H40O9. The summed E-state index contributed by atoms with van der Waals surface area (Å²) in [6.45, 7) is 9.81. The number of unbranched alkanes of at least 4 members (excludes halogenated alkanes) is 2. The van der Waals surface area contributed by atoms with Crippen molar-refractivity contribution >= 4 is 24.0 Å². The van der Waals surface area contributed by atoms with Crippen LogP contribution in [0.25, 0.3) is 17.2 Å². The Bertz CT molecular complexity index is 1490. The summed E-state index contributed by atoms with van der Waals surface area (Å²) < 4.78 is 27.0. The van der Waals surface area contributed by atoms with Gasteiger partial charge in [0.2, 0.25) is 0 Å². The lowest BCUT2D eigenvalue weighted by Gasteiger charge is -2.10. The summed E-state index contributed by atoms with van der Waals surface area (Å²) in [4.78, 5) is 35.0. The molecule has 3 rings (SSSR count). The number of esters is 3. The van der Waals surface area contributed by atoms with E-state index in [2.05, 4.69) is 13.2 Å². The molecule has 9 nitrogen and oxygen atoms in total. The van der Waals surface area contributed by atoms with Crippen LogP contribution in [-0.4, -0.2) is 56.0 Å². The van der Waals surface area contributed by atoms with Crippen LogP contribution in [0.15, 0.2) is 97.6 Å². The SMILES string of the molecule is C=CC(=O)OCCCCOc1ccc(/C=C/C(=O)Oc2ccc(-c3ccc(OCCCCOC(=O)C(=C)CO)cc3)cc2C)cc1. The summed E-state index contributed by atoms with van der Waals surface area (Å²) in [5, 5.41) is 8.87. The molecular weight excluding hydrogens is 588 g/mol. The highest BCUT2D eigenvalue weighted by atomic mass is 16.5. The van der Waals surface area contributed by atoms with Crippen LogP contribution < -0.4 is 14.2 Å². The van der Waals surface area contributed by atoms with Crippen LogP contribution in [0.1, 0.15) is 36.8 Å². The number of carbonyl (C=O) groups is 3. The number of rotatable bonds is 19. The van der Waals surface area contributed by atoms with Crippen molar-refractivity contribution in [1.29, 1.82) is 0 Å². The molecule has 0 heterocycles. The molecule has 242 valence electrons. The number of hydrogen-bond donors (Lipinski definition) is 1. The smallest absolute Gasteiger partial charge is 0.336 e. The van der Waals surface area contributed by atoms with Gasteiger partial charge in [0.1, 0.15) is 17.2 Å². The molecule has 0 saturated heterocycles. The Morgan fingerprint density at radius 3 is 1.89 bits per heavy atom. The number of hydrogen-bond acceptors (Lipinski definition) is 9. The quantitative estimate of drug-likeness (QED) is 0.0695. The fourth-order valence-electron chi connectivity index (χ4n) is 4.02. The molecule has 0 bridgehead atoms. The highest BCUT2D eigenvalue weighted by Gasteiger charge is 2.08. The van der Waals surface area contributed by atoms with Crippen LogP contribution >= 0.6 is 0 Å². The van der Waals surface area contributed by atoms with Gasteiger partial charge in [0, 0.05) is 12.2 Å². The molecule has 0 aliphatic rings. The number of aliphatic hydroxyl groups is 1. The molecule has 0 radical (unpaired) electrons. The average molecular weight is 629 g/mol. The summed E-state index contributed by atoms with van der Waals surface area (Å²) >= 11 is 0. The molecule has 1 N–H and O–H groups in total. The van der Waals surface area contributed by atoms with Crippen LogP contribution in [0.4, 0.5) is 0 Å². The Labute approximate surface area is 269 Å². The minimum Gasteiger partial charge on any atom is -0.494 e. The molecule has 0 unspecified atom stereocenters. The summed E-state index contributed by atoms with van der Waals surface area (Å²) in [6, 6.07) is 20.7. The molecule has 3 aromatic carbocycles. The van der Waals surface area contributed by atoms with Crippen molar-refractivity contribution in [3.8, 4) is 28.4 Å². The minimum absolute atomic E-state index is 0.0390. The van der Waals surface area contributed by atoms with E-state index in [-0.39, 0.29) is 12.2 Å². The van der Waals surface area contributed by atoms with E-state index in [0.29, 0.717) is 50.6 Å². The van der Waals surface area contributed by atoms with Gasteiger partial charge in [-0.3, -0.25) is 0 Å². The third-order valence-corrected chi connectivity index (χ3v) is 6.60. The van der Waals surface area contributed by atoms with Crippen LogP contribution in [0.3, 0.4) is 0 Å². The van der Waals surface area contributed by atoms with Gasteiger partial charge in [0.25, 0.3) is 0 Å². The summed E-state index contributed by atoms with van der Waals surface area (Å²) in [5.41, 5.74) is 3.65. The Hall–Kier alpha value is -5.15. The fraction of sp³-hybridized carbons (Fsp3) is 0.270. The molecule has 0 aromatic heterocycles. The zero-order valence-electron chi connectivity index (χ0n) is 26.1. The summed E-state index contributed by atoms with van der Waals surface area (Å²) in [6.07, 6.45) is 6.99. The summed E-state index contributed by atoms with van der Waals surface area (Å²) in [7, 11) is 0. The minimum atomic E-state index is -0.585. The lowest BCUT2D eigenvalue weighted by Crippen LogP contribution is -2.11. The monoisotopic (exact) mass is 628 g/mol. The van der Waals surface area contributed by atoms with E-state index >= 15 is 0 Å². The van der Waals surface area contributed by atoms with Gasteiger partial charge in [-0.15, -0.1) is 0 Å². The average Bonchev–Trinajstić information content (AvgIpc) is 3.07. The van der Waals surface area contributed by atoms with Crippen LogP contribution in [0, 0.1) is 6.92 Å². The highest BCUT2D eigenvalue weighted by molar-refractivity contribution is 5.89. The second-order valence-electron chi connectivity index (χ2n) is 10.2. The fourth-order valence-corrected chi connectivity index (χ4v) is 4.02. The maximum Gasteiger partial charge on any atom is 0.336 e. The van der Waals surface area contributed by atoms with Crippen molar-refractivity contribution in [2.45, 2.75) is 32.6 Å². The number of aliphatic hydroxyl groups excluding tert-OH is 1. The predicted molar refractivity (Wildman–Crippen MR) is 176 cm³/mol. The number of ether oxygens (including phenoxy) is 5. The standard InChI is InChI=1S/C37H40O9/c1-4-35(39)44-23-7-5-21-42-32-15-9-29(10-16-32)11-20-36(40)46-34-19-14-31(25-27(34)2)30-12-17-33(18-13-30)43-22-6-8-24-45-37(41)28(3)26-38/h4,9-20,25,38H,1,3,5-8,21-24,26H2,2H3/b20-11+. The highest BCUT2D eigenvalue weighted by Crippen LogP contribution is 2.28. The lowest BCUT2D eigenvalue weighted by atomic mass is 10.0. The van der Waals surface area contributed by atoms with Gasteiger partial charge in [0.15, 0.2) is 0 Å². The molecule has 46 heavy (non-hydrogen) atoms. The number of benzene rings is 3. The van der Waals surface area contributed by atoms with E-state index in [0.717, 1.165) is 40.5 Å². The lowest BCUT2D eigenvalue weighted by molar-refractivity contribution is -0.140. The first-order valence-corrected chi connectivity index (χ1v) is 15.0. The Morgan fingerprint density at radius 2 is 1.30 bits per heavy atom. The third-order valence-electron chi connectivity index (χ3n) is 6.60. The number of aryl methyl sites for hydroxylation is 1. The maximum absolute atomic E-state index is 12.5. The van der Waals surface area contributed by atoms with Crippen LogP contribution in [0.2, 0.25) is 0 Å².